The number of aryl methyl sites for hydroxylation is 1. The standard InChI is InChI=1S/C24H33FN4O5/c1-16(28(5)23(33)34-24(2,3)4)8-6-7-13-29-15-27-19(20(30)22(29)32)21(31)26-14-17-9-11-18(25)12-10-17/h9-12,15-16,30H,6-8,13-14H2,1-5H3,(H,26,31). The van der Waals surface area contributed by atoms with Crippen LogP contribution in [0.5, 0.6) is 5.75 Å². The van der Waals surface area contributed by atoms with Crippen LogP contribution in [0.15, 0.2) is 35.4 Å². The summed E-state index contributed by atoms with van der Waals surface area (Å²) in [5, 5.41) is 12.7. The first kappa shape index (κ1) is 26.8. The molecule has 0 aliphatic heterocycles. The fourth-order valence-electron chi connectivity index (χ4n) is 3.10. The number of nitrogens with one attached hydrogen (secondary N) is 1. The summed E-state index contributed by atoms with van der Waals surface area (Å²) in [6, 6.07) is 5.54. The molecule has 1 aromatic carbocycles. The summed E-state index contributed by atoms with van der Waals surface area (Å²) in [5.74, 6) is -1.82. The number of hydrogen-bond donors (Lipinski definition) is 2. The number of amides is 2. The third-order valence-electron chi connectivity index (χ3n) is 5.21. The highest BCUT2D eigenvalue weighted by atomic mass is 19.1. The number of aromatic hydroxyl groups is 1. The molecule has 9 nitrogen and oxygen atoms in total. The van der Waals surface area contributed by atoms with Crippen molar-refractivity contribution in [1.29, 1.82) is 0 Å². The van der Waals surface area contributed by atoms with Gasteiger partial charge >= 0.3 is 6.09 Å². The Kier molecular flexibility index (Phi) is 9.17. The van der Waals surface area contributed by atoms with Crippen LogP contribution in [-0.2, 0) is 17.8 Å². The van der Waals surface area contributed by atoms with E-state index in [-0.39, 0.29) is 24.1 Å². The summed E-state index contributed by atoms with van der Waals surface area (Å²) in [6.45, 7) is 7.75. The maximum absolute atomic E-state index is 13.0. The van der Waals surface area contributed by atoms with Gasteiger partial charge in [-0.05, 0) is 64.7 Å². The topological polar surface area (TPSA) is 114 Å². The Balaban J connectivity index is 1.86. The molecule has 2 rings (SSSR count). The fraction of sp³-hybridized carbons (Fsp3) is 0.500. The van der Waals surface area contributed by atoms with Crippen molar-refractivity contribution in [2.45, 2.75) is 71.7 Å². The van der Waals surface area contributed by atoms with Gasteiger partial charge in [-0.1, -0.05) is 12.1 Å². The van der Waals surface area contributed by atoms with Crippen LogP contribution in [0.4, 0.5) is 9.18 Å². The van der Waals surface area contributed by atoms with Crippen LogP contribution in [0.1, 0.15) is 63.0 Å². The molecule has 34 heavy (non-hydrogen) atoms. The number of nitrogens with zero attached hydrogens (tertiary/aromatic N) is 3. The van der Waals surface area contributed by atoms with Crippen molar-refractivity contribution >= 4 is 12.0 Å². The molecular formula is C24H33FN4O5. The molecule has 2 N–H and O–H groups in total. The van der Waals surface area contributed by atoms with E-state index in [1.807, 2.05) is 27.7 Å². The summed E-state index contributed by atoms with van der Waals surface area (Å²) >= 11 is 0. The van der Waals surface area contributed by atoms with Crippen LogP contribution < -0.4 is 10.9 Å². The van der Waals surface area contributed by atoms with Crippen molar-refractivity contribution in [3.63, 3.8) is 0 Å². The van der Waals surface area contributed by atoms with Gasteiger partial charge in [0, 0.05) is 26.2 Å². The molecule has 10 heteroatoms. The van der Waals surface area contributed by atoms with E-state index in [1.54, 1.807) is 11.9 Å². The lowest BCUT2D eigenvalue weighted by Crippen LogP contribution is -2.39. The molecule has 186 valence electrons. The summed E-state index contributed by atoms with van der Waals surface area (Å²) < 4.78 is 19.6. The van der Waals surface area contributed by atoms with Gasteiger partial charge < -0.3 is 20.1 Å². The Morgan fingerprint density at radius 2 is 1.88 bits per heavy atom. The fourth-order valence-corrected chi connectivity index (χ4v) is 3.10. The van der Waals surface area contributed by atoms with Gasteiger partial charge in [0.2, 0.25) is 5.75 Å². The number of hydrogen-bond acceptors (Lipinski definition) is 6. The second-order valence-corrected chi connectivity index (χ2v) is 9.19. The zero-order chi connectivity index (χ0) is 25.5. The molecule has 1 unspecified atom stereocenters. The van der Waals surface area contributed by atoms with Gasteiger partial charge in [-0.2, -0.15) is 0 Å². The Labute approximate surface area is 198 Å². The van der Waals surface area contributed by atoms with Crippen molar-refractivity contribution in [2.24, 2.45) is 0 Å². The Morgan fingerprint density at radius 3 is 2.50 bits per heavy atom. The van der Waals surface area contributed by atoms with Crippen LogP contribution in [0.2, 0.25) is 0 Å². The number of rotatable bonds is 9. The Hall–Kier alpha value is -3.43. The molecule has 0 spiro atoms. The van der Waals surface area contributed by atoms with E-state index in [9.17, 15) is 23.9 Å². The molecule has 2 aromatic rings. The molecule has 0 aliphatic carbocycles. The minimum atomic E-state index is -0.725. The molecule has 0 aliphatic rings. The van der Waals surface area contributed by atoms with Gasteiger partial charge in [0.05, 0.1) is 6.33 Å². The van der Waals surface area contributed by atoms with E-state index in [0.717, 1.165) is 6.42 Å². The first-order valence-corrected chi connectivity index (χ1v) is 11.2. The summed E-state index contributed by atoms with van der Waals surface area (Å²) in [6.07, 6.45) is 2.88. The summed E-state index contributed by atoms with van der Waals surface area (Å²) in [4.78, 5) is 42.4. The van der Waals surface area contributed by atoms with Crippen LogP contribution in [-0.4, -0.2) is 50.2 Å². The average Bonchev–Trinajstić information content (AvgIpc) is 2.77. The Morgan fingerprint density at radius 1 is 1.24 bits per heavy atom. The highest BCUT2D eigenvalue weighted by molar-refractivity contribution is 5.94. The number of unbranched alkanes of at least 4 members (excludes halogenated alkanes) is 1. The lowest BCUT2D eigenvalue weighted by molar-refractivity contribution is 0.0227. The van der Waals surface area contributed by atoms with E-state index in [4.69, 9.17) is 4.74 Å². The van der Waals surface area contributed by atoms with E-state index in [0.29, 0.717) is 24.9 Å². The van der Waals surface area contributed by atoms with Gasteiger partial charge in [-0.15, -0.1) is 0 Å². The molecule has 0 bridgehead atoms. The van der Waals surface area contributed by atoms with Crippen molar-refractivity contribution in [2.75, 3.05) is 7.05 Å². The normalized spacial score (nSPS) is 12.2. The minimum Gasteiger partial charge on any atom is -0.501 e. The van der Waals surface area contributed by atoms with Crippen molar-refractivity contribution in [1.82, 2.24) is 19.8 Å². The number of aromatic nitrogens is 2. The van der Waals surface area contributed by atoms with Gasteiger partial charge in [-0.25, -0.2) is 14.2 Å². The second kappa shape index (κ2) is 11.6. The van der Waals surface area contributed by atoms with Crippen molar-refractivity contribution in [3.05, 3.63) is 58.0 Å². The largest absolute Gasteiger partial charge is 0.501 e. The number of ether oxygens (including phenoxy) is 1. The highest BCUT2D eigenvalue weighted by Crippen LogP contribution is 2.14. The summed E-state index contributed by atoms with van der Waals surface area (Å²) in [5.41, 5.74) is -0.975. The predicted molar refractivity (Wildman–Crippen MR) is 125 cm³/mol. The zero-order valence-corrected chi connectivity index (χ0v) is 20.3. The third kappa shape index (κ3) is 7.86. The SMILES string of the molecule is CC(CCCCn1cnc(C(=O)NCc2ccc(F)cc2)c(O)c1=O)N(C)C(=O)OC(C)(C)C. The molecule has 0 radical (unpaired) electrons. The van der Waals surface area contributed by atoms with E-state index < -0.39 is 28.9 Å². The smallest absolute Gasteiger partial charge is 0.410 e. The van der Waals surface area contributed by atoms with Crippen molar-refractivity contribution in [3.8, 4) is 5.75 Å². The lowest BCUT2D eigenvalue weighted by Gasteiger charge is -2.28. The maximum Gasteiger partial charge on any atom is 0.410 e. The van der Waals surface area contributed by atoms with Gasteiger partial charge in [0.15, 0.2) is 5.69 Å². The summed E-state index contributed by atoms with van der Waals surface area (Å²) in [7, 11) is 1.69. The minimum absolute atomic E-state index is 0.0507. The molecule has 1 atom stereocenters. The molecule has 2 amide bonds. The highest BCUT2D eigenvalue weighted by Gasteiger charge is 2.23. The number of carbonyl (C=O) groups excluding carboxylic acids is 2. The van der Waals surface area contributed by atoms with Gasteiger partial charge in [-0.3, -0.25) is 14.2 Å². The predicted octanol–water partition coefficient (Wildman–Crippen LogP) is 3.44. The maximum atomic E-state index is 13.0. The van der Waals surface area contributed by atoms with Crippen LogP contribution in [0.3, 0.4) is 0 Å². The zero-order valence-electron chi connectivity index (χ0n) is 20.3. The Bertz CT molecular complexity index is 1050. The number of carbonyl (C=O) groups is 2. The monoisotopic (exact) mass is 476 g/mol. The van der Waals surface area contributed by atoms with Crippen LogP contribution in [0.25, 0.3) is 0 Å². The third-order valence-corrected chi connectivity index (χ3v) is 5.21. The molecule has 0 saturated carbocycles. The van der Waals surface area contributed by atoms with E-state index in [2.05, 4.69) is 10.3 Å². The average molecular weight is 477 g/mol. The quantitative estimate of drug-likeness (QED) is 0.536. The molecule has 1 aromatic heterocycles. The van der Waals surface area contributed by atoms with E-state index >= 15 is 0 Å². The lowest BCUT2D eigenvalue weighted by atomic mass is 10.1. The van der Waals surface area contributed by atoms with Gasteiger partial charge in [0.25, 0.3) is 11.5 Å². The van der Waals surface area contributed by atoms with Crippen LogP contribution >= 0.6 is 0 Å². The van der Waals surface area contributed by atoms with Gasteiger partial charge in [0.1, 0.15) is 11.4 Å². The van der Waals surface area contributed by atoms with Crippen LogP contribution in [0, 0.1) is 5.82 Å². The molecule has 0 saturated heterocycles. The number of benzene rings is 1. The molecular weight excluding hydrogens is 443 g/mol. The number of halogens is 1. The first-order valence-electron chi connectivity index (χ1n) is 11.2. The second-order valence-electron chi connectivity index (χ2n) is 9.19. The first-order chi connectivity index (χ1) is 15.9. The van der Waals surface area contributed by atoms with E-state index in [1.165, 1.54) is 35.2 Å². The molecule has 0 fully saturated rings. The van der Waals surface area contributed by atoms with Crippen molar-refractivity contribution < 1.29 is 23.8 Å². The molecule has 1 heterocycles.